The summed E-state index contributed by atoms with van der Waals surface area (Å²) < 4.78 is 5.46. The van der Waals surface area contributed by atoms with Crippen LogP contribution in [0.1, 0.15) is 32.1 Å². The van der Waals surface area contributed by atoms with E-state index in [4.69, 9.17) is 4.74 Å². The SMILES string of the molecule is C1COCCC(N2CCCC2)C1. The molecule has 0 bridgehead atoms. The molecule has 2 rings (SSSR count). The minimum atomic E-state index is 0.843. The maximum atomic E-state index is 5.46. The van der Waals surface area contributed by atoms with E-state index >= 15 is 0 Å². The normalized spacial score (nSPS) is 33.5. The van der Waals surface area contributed by atoms with Crippen molar-refractivity contribution < 1.29 is 4.74 Å². The van der Waals surface area contributed by atoms with Crippen LogP contribution in [-0.4, -0.2) is 37.2 Å². The Hall–Kier alpha value is -0.0800. The van der Waals surface area contributed by atoms with Crippen LogP contribution in [0.5, 0.6) is 0 Å². The summed E-state index contributed by atoms with van der Waals surface area (Å²) in [5, 5.41) is 0. The molecule has 0 saturated carbocycles. The summed E-state index contributed by atoms with van der Waals surface area (Å²) in [4.78, 5) is 2.66. The molecule has 2 heteroatoms. The van der Waals surface area contributed by atoms with E-state index in [1.807, 2.05) is 0 Å². The van der Waals surface area contributed by atoms with Crippen molar-refractivity contribution in [3.63, 3.8) is 0 Å². The summed E-state index contributed by atoms with van der Waals surface area (Å²) in [6, 6.07) is 0.843. The summed E-state index contributed by atoms with van der Waals surface area (Å²) in [5.74, 6) is 0. The second kappa shape index (κ2) is 4.24. The van der Waals surface area contributed by atoms with Crippen molar-refractivity contribution in [1.29, 1.82) is 0 Å². The van der Waals surface area contributed by atoms with Gasteiger partial charge in [-0.3, -0.25) is 0 Å². The van der Waals surface area contributed by atoms with E-state index in [1.54, 1.807) is 0 Å². The highest BCUT2D eigenvalue weighted by Gasteiger charge is 2.22. The first-order valence-electron chi connectivity index (χ1n) is 5.28. The van der Waals surface area contributed by atoms with Crippen molar-refractivity contribution in [3.8, 4) is 0 Å². The van der Waals surface area contributed by atoms with Crippen molar-refractivity contribution in [2.24, 2.45) is 0 Å². The van der Waals surface area contributed by atoms with E-state index in [2.05, 4.69) is 4.90 Å². The third-order valence-electron chi connectivity index (χ3n) is 3.08. The monoisotopic (exact) mass is 169 g/mol. The molecule has 2 aliphatic heterocycles. The van der Waals surface area contributed by atoms with Crippen LogP contribution in [0.25, 0.3) is 0 Å². The summed E-state index contributed by atoms with van der Waals surface area (Å²) in [5.41, 5.74) is 0. The maximum absolute atomic E-state index is 5.46. The van der Waals surface area contributed by atoms with Gasteiger partial charge in [0.2, 0.25) is 0 Å². The van der Waals surface area contributed by atoms with Gasteiger partial charge in [-0.05, 0) is 45.2 Å². The molecule has 1 atom stereocenters. The van der Waals surface area contributed by atoms with Gasteiger partial charge in [-0.1, -0.05) is 0 Å². The molecule has 70 valence electrons. The van der Waals surface area contributed by atoms with E-state index in [0.29, 0.717) is 0 Å². The van der Waals surface area contributed by atoms with E-state index in [9.17, 15) is 0 Å². The largest absolute Gasteiger partial charge is 0.381 e. The molecular formula is C10H19NO. The number of hydrogen-bond acceptors (Lipinski definition) is 2. The molecule has 1 unspecified atom stereocenters. The van der Waals surface area contributed by atoms with Crippen molar-refractivity contribution >= 4 is 0 Å². The highest BCUT2D eigenvalue weighted by Crippen LogP contribution is 2.19. The summed E-state index contributed by atoms with van der Waals surface area (Å²) in [6.45, 7) is 4.65. The van der Waals surface area contributed by atoms with Gasteiger partial charge in [0, 0.05) is 19.3 Å². The maximum Gasteiger partial charge on any atom is 0.0480 e. The fraction of sp³-hybridized carbons (Fsp3) is 1.00. The summed E-state index contributed by atoms with van der Waals surface area (Å²) in [7, 11) is 0. The average molecular weight is 169 g/mol. The topological polar surface area (TPSA) is 12.5 Å². The van der Waals surface area contributed by atoms with Crippen molar-refractivity contribution in [2.45, 2.75) is 38.1 Å². The van der Waals surface area contributed by atoms with Gasteiger partial charge in [0.05, 0.1) is 0 Å². The highest BCUT2D eigenvalue weighted by molar-refractivity contribution is 4.77. The zero-order valence-corrected chi connectivity index (χ0v) is 7.80. The lowest BCUT2D eigenvalue weighted by molar-refractivity contribution is 0.134. The quantitative estimate of drug-likeness (QED) is 0.592. The number of nitrogens with zero attached hydrogens (tertiary/aromatic N) is 1. The Labute approximate surface area is 74.9 Å². The average Bonchev–Trinajstić information content (AvgIpc) is 2.48. The molecule has 2 fully saturated rings. The van der Waals surface area contributed by atoms with Crippen LogP contribution in [0.2, 0.25) is 0 Å². The van der Waals surface area contributed by atoms with Gasteiger partial charge in [-0.2, -0.15) is 0 Å². The van der Waals surface area contributed by atoms with Gasteiger partial charge < -0.3 is 9.64 Å². The summed E-state index contributed by atoms with van der Waals surface area (Å²) >= 11 is 0. The molecule has 0 N–H and O–H groups in total. The fourth-order valence-electron chi connectivity index (χ4n) is 2.36. The van der Waals surface area contributed by atoms with Crippen molar-refractivity contribution in [2.75, 3.05) is 26.3 Å². The first kappa shape index (κ1) is 8.52. The van der Waals surface area contributed by atoms with Gasteiger partial charge in [0.1, 0.15) is 0 Å². The summed E-state index contributed by atoms with van der Waals surface area (Å²) in [6.07, 6.45) is 6.72. The van der Waals surface area contributed by atoms with Crippen LogP contribution in [0.4, 0.5) is 0 Å². The molecule has 12 heavy (non-hydrogen) atoms. The lowest BCUT2D eigenvalue weighted by Gasteiger charge is -2.25. The minimum absolute atomic E-state index is 0.843. The third-order valence-corrected chi connectivity index (χ3v) is 3.08. The molecular weight excluding hydrogens is 150 g/mol. The lowest BCUT2D eigenvalue weighted by Crippen LogP contribution is -2.32. The van der Waals surface area contributed by atoms with Crippen LogP contribution in [-0.2, 0) is 4.74 Å². The first-order valence-corrected chi connectivity index (χ1v) is 5.28. The molecule has 0 aromatic rings. The van der Waals surface area contributed by atoms with Gasteiger partial charge in [0.15, 0.2) is 0 Å². The lowest BCUT2D eigenvalue weighted by atomic mass is 10.1. The van der Waals surface area contributed by atoms with Gasteiger partial charge >= 0.3 is 0 Å². The van der Waals surface area contributed by atoms with Crippen LogP contribution in [0, 0.1) is 0 Å². The van der Waals surface area contributed by atoms with Crippen LogP contribution in [0.3, 0.4) is 0 Å². The number of rotatable bonds is 1. The number of ether oxygens (including phenoxy) is 1. The van der Waals surface area contributed by atoms with E-state index in [-0.39, 0.29) is 0 Å². The third kappa shape index (κ3) is 1.99. The van der Waals surface area contributed by atoms with Crippen LogP contribution in [0.15, 0.2) is 0 Å². The predicted octanol–water partition coefficient (Wildman–Crippen LogP) is 1.65. The number of likely N-dealkylation sites (tertiary alicyclic amines) is 1. The second-order valence-electron chi connectivity index (χ2n) is 3.94. The molecule has 0 radical (unpaired) electrons. The predicted molar refractivity (Wildman–Crippen MR) is 49.3 cm³/mol. The second-order valence-corrected chi connectivity index (χ2v) is 3.94. The molecule has 2 heterocycles. The van der Waals surface area contributed by atoms with E-state index < -0.39 is 0 Å². The minimum Gasteiger partial charge on any atom is -0.381 e. The van der Waals surface area contributed by atoms with E-state index in [1.165, 1.54) is 45.2 Å². The van der Waals surface area contributed by atoms with Crippen LogP contribution >= 0.6 is 0 Å². The van der Waals surface area contributed by atoms with Crippen molar-refractivity contribution in [3.05, 3.63) is 0 Å². The molecule has 0 amide bonds. The Bertz CT molecular complexity index is 124. The zero-order chi connectivity index (χ0) is 8.23. The number of hydrogen-bond donors (Lipinski definition) is 0. The molecule has 0 aromatic heterocycles. The Balaban J connectivity index is 1.83. The Morgan fingerprint density at radius 2 is 1.75 bits per heavy atom. The zero-order valence-electron chi connectivity index (χ0n) is 7.80. The molecule has 2 saturated heterocycles. The fourth-order valence-corrected chi connectivity index (χ4v) is 2.36. The molecule has 0 spiro atoms. The molecule has 0 aliphatic carbocycles. The van der Waals surface area contributed by atoms with E-state index in [0.717, 1.165) is 19.3 Å². The van der Waals surface area contributed by atoms with Crippen LogP contribution < -0.4 is 0 Å². The smallest absolute Gasteiger partial charge is 0.0480 e. The highest BCUT2D eigenvalue weighted by atomic mass is 16.5. The van der Waals surface area contributed by atoms with Gasteiger partial charge in [-0.15, -0.1) is 0 Å². The van der Waals surface area contributed by atoms with Gasteiger partial charge in [-0.25, -0.2) is 0 Å². The Kier molecular flexibility index (Phi) is 3.01. The molecule has 0 aromatic carbocycles. The standard InChI is InChI=1S/C10H19NO/c1-2-7-11(6-1)10-4-3-8-12-9-5-10/h10H,1-9H2. The Morgan fingerprint density at radius 3 is 2.58 bits per heavy atom. The van der Waals surface area contributed by atoms with Gasteiger partial charge in [0.25, 0.3) is 0 Å². The van der Waals surface area contributed by atoms with Crippen molar-refractivity contribution in [1.82, 2.24) is 4.90 Å². The molecule has 2 nitrogen and oxygen atoms in total. The first-order chi connectivity index (χ1) is 5.97. The molecule has 2 aliphatic rings. The Morgan fingerprint density at radius 1 is 0.917 bits per heavy atom.